The Labute approximate surface area is 130 Å². The highest BCUT2D eigenvalue weighted by Gasteiger charge is 2.56. The summed E-state index contributed by atoms with van der Waals surface area (Å²) >= 11 is 0. The van der Waals surface area contributed by atoms with E-state index >= 15 is 0 Å². The van der Waals surface area contributed by atoms with E-state index in [0.29, 0.717) is 18.8 Å². The van der Waals surface area contributed by atoms with E-state index in [1.165, 1.54) is 16.7 Å². The van der Waals surface area contributed by atoms with Gasteiger partial charge in [0.1, 0.15) is 5.75 Å². The highest BCUT2D eigenvalue weighted by molar-refractivity contribution is 6.41. The number of carbonyl (C=O) groups excluding carboxylic acids is 2. The molecule has 3 aliphatic rings. The number of ether oxygens (including phenoxy) is 1. The van der Waals surface area contributed by atoms with Crippen molar-refractivity contribution in [2.75, 3.05) is 7.11 Å². The lowest BCUT2D eigenvalue weighted by atomic mass is 9.60. The van der Waals surface area contributed by atoms with Gasteiger partial charge < -0.3 is 4.74 Å². The molecule has 0 N–H and O–H groups in total. The third kappa shape index (κ3) is 1.68. The van der Waals surface area contributed by atoms with Crippen LogP contribution in [0.25, 0.3) is 5.57 Å². The lowest BCUT2D eigenvalue weighted by Crippen LogP contribution is -2.38. The van der Waals surface area contributed by atoms with Gasteiger partial charge in [0, 0.05) is 11.8 Å². The van der Waals surface area contributed by atoms with E-state index in [-0.39, 0.29) is 17.5 Å². The lowest BCUT2D eigenvalue weighted by molar-refractivity contribution is -0.138. The van der Waals surface area contributed by atoms with Gasteiger partial charge in [0.05, 0.1) is 7.11 Å². The second kappa shape index (κ2) is 4.55. The van der Waals surface area contributed by atoms with Crippen LogP contribution in [0.15, 0.2) is 24.3 Å². The summed E-state index contributed by atoms with van der Waals surface area (Å²) in [7, 11) is 1.69. The summed E-state index contributed by atoms with van der Waals surface area (Å²) < 4.78 is 5.32. The molecule has 4 rings (SSSR count). The number of aryl methyl sites for hydroxylation is 1. The molecule has 0 aromatic heterocycles. The normalized spacial score (nSPS) is 32.9. The minimum atomic E-state index is -0.463. The zero-order chi connectivity index (χ0) is 15.5. The molecule has 22 heavy (non-hydrogen) atoms. The number of Topliss-reactive ketones (excluding diaryl/α,β-unsaturated/α-hetero) is 2. The van der Waals surface area contributed by atoms with Crippen molar-refractivity contribution in [1.82, 2.24) is 0 Å². The summed E-state index contributed by atoms with van der Waals surface area (Å²) in [6, 6.07) is 6.25. The van der Waals surface area contributed by atoms with E-state index in [1.807, 2.05) is 13.0 Å². The molecule has 1 aromatic carbocycles. The molecule has 1 saturated carbocycles. The minimum Gasteiger partial charge on any atom is -0.497 e. The summed E-state index contributed by atoms with van der Waals surface area (Å²) in [6.45, 7) is 1.99. The Kier molecular flexibility index (Phi) is 2.84. The number of hydrogen-bond acceptors (Lipinski definition) is 3. The predicted octanol–water partition coefficient (Wildman–Crippen LogP) is 3.21. The first-order valence-corrected chi connectivity index (χ1v) is 7.99. The molecule has 0 spiro atoms. The molecule has 0 unspecified atom stereocenters. The zero-order valence-corrected chi connectivity index (χ0v) is 13.0. The number of benzene rings is 1. The summed E-state index contributed by atoms with van der Waals surface area (Å²) in [5, 5.41) is 0. The fourth-order valence-corrected chi connectivity index (χ4v) is 4.69. The van der Waals surface area contributed by atoms with Crippen LogP contribution in [0.1, 0.15) is 37.3 Å². The van der Waals surface area contributed by atoms with Gasteiger partial charge in [-0.15, -0.1) is 0 Å². The van der Waals surface area contributed by atoms with Crippen LogP contribution in [0.2, 0.25) is 0 Å². The standard InChI is InChI=1S/C19H20O3/c1-19-8-7-14-13-6-4-12(22-2)9-11(13)3-5-15(14)16(19)10-17(20)18(19)21/h4,6-7,9,15-16H,3,5,8,10H2,1-2H3/t15-,16-,19+/m1/s1. The Bertz CT molecular complexity index is 715. The maximum Gasteiger partial charge on any atom is 0.204 e. The molecule has 3 nitrogen and oxygen atoms in total. The van der Waals surface area contributed by atoms with Gasteiger partial charge in [0.2, 0.25) is 5.78 Å². The van der Waals surface area contributed by atoms with Gasteiger partial charge in [0.15, 0.2) is 5.78 Å². The molecule has 0 saturated heterocycles. The van der Waals surface area contributed by atoms with E-state index in [9.17, 15) is 9.59 Å². The molecule has 3 atom stereocenters. The highest BCUT2D eigenvalue weighted by Crippen LogP contribution is 2.56. The van der Waals surface area contributed by atoms with Crippen molar-refractivity contribution in [3.05, 3.63) is 35.4 Å². The third-order valence-corrected chi connectivity index (χ3v) is 5.97. The number of carbonyl (C=O) groups is 2. The Morgan fingerprint density at radius 3 is 2.86 bits per heavy atom. The smallest absolute Gasteiger partial charge is 0.204 e. The van der Waals surface area contributed by atoms with Gasteiger partial charge in [-0.2, -0.15) is 0 Å². The number of ketones is 2. The molecule has 0 heterocycles. The Morgan fingerprint density at radius 1 is 1.27 bits per heavy atom. The van der Waals surface area contributed by atoms with Crippen LogP contribution in [0.3, 0.4) is 0 Å². The molecule has 0 radical (unpaired) electrons. The van der Waals surface area contributed by atoms with Crippen molar-refractivity contribution in [3.8, 4) is 5.75 Å². The van der Waals surface area contributed by atoms with Gasteiger partial charge >= 0.3 is 0 Å². The number of rotatable bonds is 1. The molecular weight excluding hydrogens is 276 g/mol. The molecule has 0 amide bonds. The van der Waals surface area contributed by atoms with Gasteiger partial charge in [-0.05, 0) is 59.9 Å². The third-order valence-electron chi connectivity index (χ3n) is 5.97. The molecule has 3 aliphatic carbocycles. The second-order valence-corrected chi connectivity index (χ2v) is 7.01. The van der Waals surface area contributed by atoms with Gasteiger partial charge in [-0.1, -0.05) is 19.1 Å². The van der Waals surface area contributed by atoms with Crippen molar-refractivity contribution >= 4 is 17.1 Å². The van der Waals surface area contributed by atoms with Crippen molar-refractivity contribution in [2.24, 2.45) is 17.3 Å². The summed E-state index contributed by atoms with van der Waals surface area (Å²) in [4.78, 5) is 24.2. The van der Waals surface area contributed by atoms with Crippen LogP contribution in [-0.4, -0.2) is 18.7 Å². The van der Waals surface area contributed by atoms with E-state index in [0.717, 1.165) is 18.6 Å². The monoisotopic (exact) mass is 296 g/mol. The topological polar surface area (TPSA) is 43.4 Å². The average molecular weight is 296 g/mol. The molecule has 1 fully saturated rings. The quantitative estimate of drug-likeness (QED) is 0.747. The van der Waals surface area contributed by atoms with Crippen molar-refractivity contribution in [1.29, 1.82) is 0 Å². The summed E-state index contributed by atoms with van der Waals surface area (Å²) in [5.41, 5.74) is 3.48. The fraction of sp³-hybridized carbons (Fsp3) is 0.474. The first kappa shape index (κ1) is 13.7. The fourth-order valence-electron chi connectivity index (χ4n) is 4.69. The largest absolute Gasteiger partial charge is 0.497 e. The van der Waals surface area contributed by atoms with Gasteiger partial charge in [-0.25, -0.2) is 0 Å². The van der Waals surface area contributed by atoms with Crippen molar-refractivity contribution in [2.45, 2.75) is 32.6 Å². The number of fused-ring (bicyclic) bond motifs is 5. The summed E-state index contributed by atoms with van der Waals surface area (Å²) in [5.74, 6) is 1.11. The molecule has 114 valence electrons. The maximum atomic E-state index is 12.3. The molecule has 1 aromatic rings. The van der Waals surface area contributed by atoms with Crippen LogP contribution >= 0.6 is 0 Å². The Morgan fingerprint density at radius 2 is 2.09 bits per heavy atom. The average Bonchev–Trinajstić information content (AvgIpc) is 2.77. The lowest BCUT2D eigenvalue weighted by Gasteiger charge is -2.42. The molecule has 0 aliphatic heterocycles. The zero-order valence-electron chi connectivity index (χ0n) is 13.0. The highest BCUT2D eigenvalue weighted by atomic mass is 16.5. The van der Waals surface area contributed by atoms with Crippen LogP contribution < -0.4 is 4.74 Å². The number of hydrogen-bond donors (Lipinski definition) is 0. The van der Waals surface area contributed by atoms with E-state index in [4.69, 9.17) is 4.74 Å². The minimum absolute atomic E-state index is 0.145. The van der Waals surface area contributed by atoms with Gasteiger partial charge in [0.25, 0.3) is 0 Å². The first-order valence-electron chi connectivity index (χ1n) is 7.99. The van der Waals surface area contributed by atoms with Crippen LogP contribution in [0, 0.1) is 17.3 Å². The van der Waals surface area contributed by atoms with Crippen LogP contribution in [0.5, 0.6) is 5.75 Å². The molecule has 0 bridgehead atoms. The van der Waals surface area contributed by atoms with Crippen LogP contribution in [0.4, 0.5) is 0 Å². The molecular formula is C19H20O3. The van der Waals surface area contributed by atoms with E-state index in [1.54, 1.807) is 7.11 Å². The van der Waals surface area contributed by atoms with Crippen LogP contribution in [-0.2, 0) is 16.0 Å². The van der Waals surface area contributed by atoms with Gasteiger partial charge in [-0.3, -0.25) is 9.59 Å². The van der Waals surface area contributed by atoms with E-state index in [2.05, 4.69) is 18.2 Å². The van der Waals surface area contributed by atoms with Crippen molar-refractivity contribution < 1.29 is 14.3 Å². The second-order valence-electron chi connectivity index (χ2n) is 7.01. The summed E-state index contributed by atoms with van der Waals surface area (Å²) in [6.07, 6.45) is 5.35. The predicted molar refractivity (Wildman–Crippen MR) is 83.6 cm³/mol. The van der Waals surface area contributed by atoms with E-state index < -0.39 is 5.41 Å². The number of methoxy groups -OCH3 is 1. The molecule has 3 heteroatoms. The Hall–Kier alpha value is -1.90. The van der Waals surface area contributed by atoms with Crippen molar-refractivity contribution in [3.63, 3.8) is 0 Å². The SMILES string of the molecule is COc1ccc2c(c1)CC[C@@H]1C2=CC[C@]2(C)C(=O)C(=O)C[C@H]12. The number of allylic oxidation sites excluding steroid dienone is 2. The maximum absolute atomic E-state index is 12.3. The Balaban J connectivity index is 1.78. The first-order chi connectivity index (χ1) is 10.5.